The molecule has 0 aliphatic carbocycles. The molecule has 0 bridgehead atoms. The van der Waals surface area contributed by atoms with E-state index in [1.54, 1.807) is 7.05 Å². The first kappa shape index (κ1) is 22.8. The number of aromatic nitrogens is 1. The van der Waals surface area contributed by atoms with Crippen molar-refractivity contribution in [2.24, 2.45) is 12.0 Å². The van der Waals surface area contributed by atoms with Crippen LogP contribution in [0.3, 0.4) is 0 Å². The standard InChI is InChI=1S/C19H28ClN5.HI/c1-21-19(25(5)14-18-10-17(20)13-24(18)4)22-11-15-7-6-8-16(9-15)12-23(2)3;/h6-10,13H,11-12,14H2,1-5H3,(H,21,22);1H. The number of nitrogens with zero attached hydrogens (tertiary/aromatic N) is 4. The normalized spacial score (nSPS) is 11.4. The fourth-order valence-electron chi connectivity index (χ4n) is 2.81. The summed E-state index contributed by atoms with van der Waals surface area (Å²) in [5, 5.41) is 4.19. The van der Waals surface area contributed by atoms with Crippen molar-refractivity contribution in [3.63, 3.8) is 0 Å². The maximum atomic E-state index is 6.07. The van der Waals surface area contributed by atoms with Gasteiger partial charge in [-0.2, -0.15) is 0 Å². The maximum absolute atomic E-state index is 6.07. The monoisotopic (exact) mass is 489 g/mol. The van der Waals surface area contributed by atoms with Crippen LogP contribution in [-0.4, -0.2) is 48.5 Å². The second kappa shape index (κ2) is 10.8. The molecule has 7 heteroatoms. The van der Waals surface area contributed by atoms with Gasteiger partial charge in [0.1, 0.15) is 0 Å². The molecular weight excluding hydrogens is 461 g/mol. The number of halogens is 2. The predicted octanol–water partition coefficient (Wildman–Crippen LogP) is 3.57. The molecule has 0 amide bonds. The van der Waals surface area contributed by atoms with Crippen LogP contribution in [-0.2, 0) is 26.7 Å². The van der Waals surface area contributed by atoms with Crippen molar-refractivity contribution in [3.8, 4) is 0 Å². The van der Waals surface area contributed by atoms with E-state index in [4.69, 9.17) is 11.6 Å². The Morgan fingerprint density at radius 3 is 2.42 bits per heavy atom. The highest BCUT2D eigenvalue weighted by Crippen LogP contribution is 2.14. The van der Waals surface area contributed by atoms with Gasteiger partial charge in [-0.25, -0.2) is 0 Å². The Kier molecular flexibility index (Phi) is 9.46. The van der Waals surface area contributed by atoms with Crippen LogP contribution >= 0.6 is 35.6 Å². The van der Waals surface area contributed by atoms with Crippen molar-refractivity contribution >= 4 is 41.5 Å². The minimum atomic E-state index is 0. The third-order valence-electron chi connectivity index (χ3n) is 3.99. The SMILES string of the molecule is CN=C(NCc1cccc(CN(C)C)c1)N(C)Cc1cc(Cl)cn1C.I. The molecule has 0 unspecified atom stereocenters. The highest BCUT2D eigenvalue weighted by Gasteiger charge is 2.10. The molecule has 0 aliphatic rings. The Balaban J connectivity index is 0.00000338. The Morgan fingerprint density at radius 1 is 1.15 bits per heavy atom. The van der Waals surface area contributed by atoms with Crippen molar-refractivity contribution in [2.45, 2.75) is 19.6 Å². The van der Waals surface area contributed by atoms with Gasteiger partial charge in [0.2, 0.25) is 0 Å². The van der Waals surface area contributed by atoms with E-state index in [9.17, 15) is 0 Å². The molecule has 1 heterocycles. The van der Waals surface area contributed by atoms with E-state index < -0.39 is 0 Å². The number of aliphatic imine (C=N–C) groups is 1. The van der Waals surface area contributed by atoms with Crippen LogP contribution in [0.4, 0.5) is 0 Å². The van der Waals surface area contributed by atoms with Gasteiger partial charge in [0.15, 0.2) is 5.96 Å². The minimum absolute atomic E-state index is 0. The zero-order valence-corrected chi connectivity index (χ0v) is 19.2. The molecule has 0 fully saturated rings. The molecule has 144 valence electrons. The summed E-state index contributed by atoms with van der Waals surface area (Å²) in [7, 11) is 9.99. The summed E-state index contributed by atoms with van der Waals surface area (Å²) < 4.78 is 2.04. The first-order valence-corrected chi connectivity index (χ1v) is 8.72. The van der Waals surface area contributed by atoms with E-state index >= 15 is 0 Å². The van der Waals surface area contributed by atoms with Crippen LogP contribution < -0.4 is 5.32 Å². The van der Waals surface area contributed by atoms with Crippen molar-refractivity contribution in [1.82, 2.24) is 19.7 Å². The predicted molar refractivity (Wildman–Crippen MR) is 121 cm³/mol. The number of aryl methyl sites for hydroxylation is 1. The Morgan fingerprint density at radius 2 is 1.85 bits per heavy atom. The van der Waals surface area contributed by atoms with Gasteiger partial charge in [-0.15, -0.1) is 24.0 Å². The zero-order valence-electron chi connectivity index (χ0n) is 16.2. The summed E-state index contributed by atoms with van der Waals surface area (Å²) in [5.41, 5.74) is 3.70. The van der Waals surface area contributed by atoms with Crippen molar-refractivity contribution in [2.75, 3.05) is 28.2 Å². The Labute approximate surface area is 179 Å². The van der Waals surface area contributed by atoms with Gasteiger partial charge in [-0.3, -0.25) is 4.99 Å². The molecule has 2 aromatic rings. The average Bonchev–Trinajstić information content (AvgIpc) is 2.85. The quantitative estimate of drug-likeness (QED) is 0.383. The fraction of sp³-hybridized carbons (Fsp3) is 0.421. The molecule has 0 saturated heterocycles. The van der Waals surface area contributed by atoms with Crippen LogP contribution in [0.2, 0.25) is 5.02 Å². The molecule has 0 radical (unpaired) electrons. The maximum Gasteiger partial charge on any atom is 0.194 e. The number of rotatable bonds is 6. The molecule has 1 aromatic carbocycles. The second-order valence-corrected chi connectivity index (χ2v) is 7.01. The molecule has 5 nitrogen and oxygen atoms in total. The highest BCUT2D eigenvalue weighted by molar-refractivity contribution is 14.0. The molecule has 0 aliphatic heterocycles. The number of nitrogens with one attached hydrogen (secondary N) is 1. The smallest absolute Gasteiger partial charge is 0.194 e. The summed E-state index contributed by atoms with van der Waals surface area (Å²) in [6, 6.07) is 10.6. The fourth-order valence-corrected chi connectivity index (χ4v) is 3.08. The van der Waals surface area contributed by atoms with Gasteiger partial charge >= 0.3 is 0 Å². The van der Waals surface area contributed by atoms with Crippen molar-refractivity contribution < 1.29 is 0 Å². The highest BCUT2D eigenvalue weighted by atomic mass is 127. The molecule has 26 heavy (non-hydrogen) atoms. The molecule has 0 spiro atoms. The van der Waals surface area contributed by atoms with Crippen LogP contribution in [0.5, 0.6) is 0 Å². The topological polar surface area (TPSA) is 35.8 Å². The van der Waals surface area contributed by atoms with E-state index in [-0.39, 0.29) is 24.0 Å². The third kappa shape index (κ3) is 6.81. The Hall–Kier alpha value is -1.25. The summed E-state index contributed by atoms with van der Waals surface area (Å²) in [4.78, 5) is 8.65. The van der Waals surface area contributed by atoms with Gasteiger partial charge in [-0.05, 0) is 31.3 Å². The zero-order chi connectivity index (χ0) is 18.4. The van der Waals surface area contributed by atoms with E-state index in [2.05, 4.69) is 58.5 Å². The van der Waals surface area contributed by atoms with Gasteiger partial charge < -0.3 is 19.7 Å². The number of benzene rings is 1. The number of hydrogen-bond donors (Lipinski definition) is 1. The summed E-state index contributed by atoms with van der Waals surface area (Å²) in [5.74, 6) is 0.857. The summed E-state index contributed by atoms with van der Waals surface area (Å²) >= 11 is 6.07. The van der Waals surface area contributed by atoms with Crippen LogP contribution in [0.1, 0.15) is 16.8 Å². The lowest BCUT2D eigenvalue weighted by atomic mass is 10.1. The third-order valence-corrected chi connectivity index (χ3v) is 4.19. The van der Waals surface area contributed by atoms with E-state index in [1.165, 1.54) is 11.1 Å². The molecular formula is C19H29ClIN5. The lowest BCUT2D eigenvalue weighted by molar-refractivity contribution is 0.402. The van der Waals surface area contributed by atoms with E-state index in [0.29, 0.717) is 0 Å². The summed E-state index contributed by atoms with van der Waals surface area (Å²) in [6.45, 7) is 2.42. The average molecular weight is 490 g/mol. The van der Waals surface area contributed by atoms with E-state index in [1.807, 2.05) is 30.9 Å². The largest absolute Gasteiger partial charge is 0.352 e. The van der Waals surface area contributed by atoms with Gasteiger partial charge in [0.05, 0.1) is 11.6 Å². The second-order valence-electron chi connectivity index (χ2n) is 6.58. The van der Waals surface area contributed by atoms with Crippen LogP contribution in [0, 0.1) is 0 Å². The minimum Gasteiger partial charge on any atom is -0.352 e. The molecule has 2 rings (SSSR count). The number of guanidine groups is 1. The van der Waals surface area contributed by atoms with Crippen molar-refractivity contribution in [3.05, 3.63) is 58.4 Å². The van der Waals surface area contributed by atoms with Gasteiger partial charge in [0.25, 0.3) is 0 Å². The number of hydrogen-bond acceptors (Lipinski definition) is 2. The molecule has 0 saturated carbocycles. The lowest BCUT2D eigenvalue weighted by Crippen LogP contribution is -2.38. The first-order chi connectivity index (χ1) is 11.9. The van der Waals surface area contributed by atoms with E-state index in [0.717, 1.165) is 36.3 Å². The summed E-state index contributed by atoms with van der Waals surface area (Å²) in [6.07, 6.45) is 1.91. The van der Waals surface area contributed by atoms with Crippen LogP contribution in [0.15, 0.2) is 41.5 Å². The van der Waals surface area contributed by atoms with Crippen molar-refractivity contribution in [1.29, 1.82) is 0 Å². The first-order valence-electron chi connectivity index (χ1n) is 8.34. The van der Waals surface area contributed by atoms with Gasteiger partial charge in [0, 0.05) is 46.1 Å². The van der Waals surface area contributed by atoms with Gasteiger partial charge in [-0.1, -0.05) is 35.9 Å². The van der Waals surface area contributed by atoms with Crippen LogP contribution in [0.25, 0.3) is 0 Å². The molecule has 1 aromatic heterocycles. The molecule has 0 atom stereocenters. The molecule has 1 N–H and O–H groups in total. The lowest BCUT2D eigenvalue weighted by Gasteiger charge is -2.22. The Bertz CT molecular complexity index is 726.